The Bertz CT molecular complexity index is 1170. The van der Waals surface area contributed by atoms with E-state index in [4.69, 9.17) is 4.74 Å². The number of ketones is 1. The van der Waals surface area contributed by atoms with Crippen molar-refractivity contribution in [2.75, 3.05) is 7.11 Å². The van der Waals surface area contributed by atoms with Crippen molar-refractivity contribution >= 4 is 17.1 Å². The topological polar surface area (TPSA) is 55.0 Å². The van der Waals surface area contributed by atoms with E-state index in [1.165, 1.54) is 0 Å². The van der Waals surface area contributed by atoms with E-state index < -0.39 is 0 Å². The van der Waals surface area contributed by atoms with Gasteiger partial charge in [0, 0.05) is 29.2 Å². The smallest absolute Gasteiger partial charge is 0.167 e. The Morgan fingerprint density at radius 3 is 2.77 bits per heavy atom. The minimum atomic E-state index is -0.135. The Hall–Kier alpha value is -3.18. The van der Waals surface area contributed by atoms with Crippen LogP contribution in [0.4, 0.5) is 0 Å². The molecular formula is C25H22N2O2S. The molecule has 0 aliphatic heterocycles. The summed E-state index contributed by atoms with van der Waals surface area (Å²) < 4.78 is 5.35. The van der Waals surface area contributed by atoms with E-state index in [1.54, 1.807) is 18.4 Å². The fraction of sp³-hybridized carbons (Fsp3) is 0.200. The number of carbonyl (C=O) groups excluding carboxylic acids is 1. The molecule has 4 nitrogen and oxygen atoms in total. The molecule has 150 valence electrons. The van der Waals surface area contributed by atoms with Gasteiger partial charge in [0.1, 0.15) is 11.4 Å². The SMILES string of the molecule is COc1ccc2c(c1)CCC(C(c1ccccc1)c1c[nH]nc1-c1cccs1)C2=O. The van der Waals surface area contributed by atoms with E-state index in [0.29, 0.717) is 0 Å². The molecule has 2 heterocycles. The number of Topliss-reactive ketones (excluding diaryl/α,β-unsaturated/α-hetero) is 1. The fourth-order valence-corrected chi connectivity index (χ4v) is 5.28. The molecule has 1 aliphatic carbocycles. The molecule has 2 unspecified atom stereocenters. The number of H-pyrrole nitrogens is 1. The highest BCUT2D eigenvalue weighted by Gasteiger charge is 2.37. The van der Waals surface area contributed by atoms with E-state index in [0.717, 1.165) is 51.4 Å². The molecule has 30 heavy (non-hydrogen) atoms. The molecule has 0 amide bonds. The molecule has 0 spiro atoms. The van der Waals surface area contributed by atoms with Gasteiger partial charge in [-0.25, -0.2) is 0 Å². The summed E-state index contributed by atoms with van der Waals surface area (Å²) in [6, 6.07) is 20.2. The van der Waals surface area contributed by atoms with Gasteiger partial charge in [-0.15, -0.1) is 11.3 Å². The maximum atomic E-state index is 13.7. The number of nitrogens with one attached hydrogen (secondary N) is 1. The predicted molar refractivity (Wildman–Crippen MR) is 119 cm³/mol. The number of aromatic amines is 1. The maximum Gasteiger partial charge on any atom is 0.167 e. The summed E-state index contributed by atoms with van der Waals surface area (Å²) in [5.41, 5.74) is 5.06. The first-order valence-electron chi connectivity index (χ1n) is 10.1. The molecule has 2 aromatic carbocycles. The van der Waals surface area contributed by atoms with Crippen LogP contribution in [0.15, 0.2) is 72.2 Å². The Balaban J connectivity index is 1.61. The van der Waals surface area contributed by atoms with Gasteiger partial charge in [0.05, 0.1) is 12.0 Å². The van der Waals surface area contributed by atoms with Gasteiger partial charge in [-0.3, -0.25) is 9.89 Å². The molecule has 0 bridgehead atoms. The Morgan fingerprint density at radius 2 is 2.00 bits per heavy atom. The summed E-state index contributed by atoms with van der Waals surface area (Å²) in [7, 11) is 1.66. The van der Waals surface area contributed by atoms with Gasteiger partial charge in [-0.2, -0.15) is 5.10 Å². The van der Waals surface area contributed by atoms with Crippen molar-refractivity contribution in [2.24, 2.45) is 5.92 Å². The van der Waals surface area contributed by atoms with Gasteiger partial charge in [0.15, 0.2) is 5.78 Å². The van der Waals surface area contributed by atoms with Crippen molar-refractivity contribution in [3.8, 4) is 16.3 Å². The van der Waals surface area contributed by atoms with E-state index in [9.17, 15) is 4.79 Å². The van der Waals surface area contributed by atoms with Crippen molar-refractivity contribution in [3.05, 3.63) is 94.5 Å². The van der Waals surface area contributed by atoms with Gasteiger partial charge in [0.25, 0.3) is 0 Å². The lowest BCUT2D eigenvalue weighted by Crippen LogP contribution is -2.29. The van der Waals surface area contributed by atoms with Gasteiger partial charge in [-0.1, -0.05) is 36.4 Å². The van der Waals surface area contributed by atoms with Crippen LogP contribution < -0.4 is 4.74 Å². The summed E-state index contributed by atoms with van der Waals surface area (Å²) in [6.45, 7) is 0. The number of aryl methyl sites for hydroxylation is 1. The van der Waals surface area contributed by atoms with Crippen molar-refractivity contribution in [1.29, 1.82) is 0 Å². The van der Waals surface area contributed by atoms with Crippen molar-refractivity contribution < 1.29 is 9.53 Å². The zero-order valence-electron chi connectivity index (χ0n) is 16.7. The largest absolute Gasteiger partial charge is 0.497 e. The van der Waals surface area contributed by atoms with E-state index in [1.807, 2.05) is 48.7 Å². The second kappa shape index (κ2) is 7.92. The summed E-state index contributed by atoms with van der Waals surface area (Å²) in [4.78, 5) is 14.8. The minimum absolute atomic E-state index is 0.0511. The molecule has 1 aliphatic rings. The van der Waals surface area contributed by atoms with Crippen LogP contribution >= 0.6 is 11.3 Å². The van der Waals surface area contributed by atoms with Crippen molar-refractivity contribution in [3.63, 3.8) is 0 Å². The molecule has 1 N–H and O–H groups in total. The van der Waals surface area contributed by atoms with E-state index in [-0.39, 0.29) is 17.6 Å². The van der Waals surface area contributed by atoms with Crippen LogP contribution in [0.25, 0.3) is 10.6 Å². The lowest BCUT2D eigenvalue weighted by atomic mass is 9.71. The normalized spacial score (nSPS) is 16.8. The Kier molecular flexibility index (Phi) is 4.97. The Labute approximate surface area is 179 Å². The summed E-state index contributed by atoms with van der Waals surface area (Å²) in [5, 5.41) is 9.66. The monoisotopic (exact) mass is 414 g/mol. The first-order chi connectivity index (χ1) is 14.8. The van der Waals surface area contributed by atoms with Crippen LogP contribution in [-0.2, 0) is 6.42 Å². The number of methoxy groups -OCH3 is 1. The molecule has 5 rings (SSSR count). The predicted octanol–water partition coefficient (Wildman–Crippen LogP) is 5.72. The zero-order valence-corrected chi connectivity index (χ0v) is 17.5. The number of benzene rings is 2. The van der Waals surface area contributed by atoms with Crippen LogP contribution in [0, 0.1) is 5.92 Å². The number of aromatic nitrogens is 2. The number of rotatable bonds is 5. The number of nitrogens with zero attached hydrogens (tertiary/aromatic N) is 1. The number of carbonyl (C=O) groups is 1. The van der Waals surface area contributed by atoms with Gasteiger partial charge < -0.3 is 4.74 Å². The van der Waals surface area contributed by atoms with Crippen LogP contribution in [-0.4, -0.2) is 23.1 Å². The van der Waals surface area contributed by atoms with E-state index >= 15 is 0 Å². The first-order valence-corrected chi connectivity index (χ1v) is 11.0. The average molecular weight is 415 g/mol. The summed E-state index contributed by atoms with van der Waals surface area (Å²) in [6.07, 6.45) is 3.62. The standard InChI is InChI=1S/C25H22N2O2S/c1-29-18-10-12-19-17(14-18)9-11-20(25(19)28)23(16-6-3-2-4-7-16)21-15-26-27-24(21)22-8-5-13-30-22/h2-8,10,12-15,20,23H,9,11H2,1H3,(H,26,27). The number of ether oxygens (including phenoxy) is 1. The number of hydrogen-bond donors (Lipinski definition) is 1. The lowest BCUT2D eigenvalue weighted by molar-refractivity contribution is 0.0889. The zero-order chi connectivity index (χ0) is 20.5. The molecule has 2 aromatic heterocycles. The van der Waals surface area contributed by atoms with Crippen LogP contribution in [0.3, 0.4) is 0 Å². The van der Waals surface area contributed by atoms with Crippen LogP contribution in [0.5, 0.6) is 5.75 Å². The molecule has 4 aromatic rings. The molecule has 2 atom stereocenters. The number of thiophene rings is 1. The van der Waals surface area contributed by atoms with Gasteiger partial charge >= 0.3 is 0 Å². The first kappa shape index (κ1) is 18.8. The van der Waals surface area contributed by atoms with Crippen molar-refractivity contribution in [1.82, 2.24) is 10.2 Å². The highest BCUT2D eigenvalue weighted by atomic mass is 32.1. The number of fused-ring (bicyclic) bond motifs is 1. The molecule has 5 heteroatoms. The Morgan fingerprint density at radius 1 is 1.13 bits per heavy atom. The molecule has 0 saturated carbocycles. The molecular weight excluding hydrogens is 392 g/mol. The summed E-state index contributed by atoms with van der Waals surface area (Å²) >= 11 is 1.67. The average Bonchev–Trinajstić information content (AvgIpc) is 3.48. The van der Waals surface area contributed by atoms with Crippen LogP contribution in [0.2, 0.25) is 0 Å². The molecule has 0 saturated heterocycles. The number of hydrogen-bond acceptors (Lipinski definition) is 4. The fourth-order valence-electron chi connectivity index (χ4n) is 4.54. The third kappa shape index (κ3) is 3.25. The van der Waals surface area contributed by atoms with Crippen molar-refractivity contribution in [2.45, 2.75) is 18.8 Å². The highest BCUT2D eigenvalue weighted by Crippen LogP contribution is 2.43. The maximum absolute atomic E-state index is 13.7. The highest BCUT2D eigenvalue weighted by molar-refractivity contribution is 7.13. The molecule has 0 radical (unpaired) electrons. The minimum Gasteiger partial charge on any atom is -0.497 e. The third-order valence-corrected chi connectivity index (χ3v) is 6.84. The summed E-state index contributed by atoms with van der Waals surface area (Å²) in [5.74, 6) is 0.815. The molecule has 0 fully saturated rings. The second-order valence-corrected chi connectivity index (χ2v) is 8.54. The van der Waals surface area contributed by atoms with Crippen LogP contribution in [0.1, 0.15) is 39.4 Å². The van der Waals surface area contributed by atoms with Gasteiger partial charge in [0.2, 0.25) is 0 Å². The quantitative estimate of drug-likeness (QED) is 0.454. The lowest BCUT2D eigenvalue weighted by Gasteiger charge is -2.31. The third-order valence-electron chi connectivity index (χ3n) is 5.96. The second-order valence-electron chi connectivity index (χ2n) is 7.59. The van der Waals surface area contributed by atoms with Gasteiger partial charge in [-0.05, 0) is 53.6 Å². The van der Waals surface area contributed by atoms with E-state index in [2.05, 4.69) is 33.8 Å².